The lowest BCUT2D eigenvalue weighted by atomic mass is 9.72. The summed E-state index contributed by atoms with van der Waals surface area (Å²) in [7, 11) is 4.22. The molecule has 0 aromatic heterocycles. The third-order valence-electron chi connectivity index (χ3n) is 6.16. The van der Waals surface area contributed by atoms with E-state index in [4.69, 9.17) is 10.5 Å². The van der Waals surface area contributed by atoms with E-state index in [0.29, 0.717) is 30.6 Å². The van der Waals surface area contributed by atoms with Crippen LogP contribution in [0, 0.1) is 11.3 Å². The molecule has 0 unspecified atom stereocenters. The zero-order valence-corrected chi connectivity index (χ0v) is 17.7. The van der Waals surface area contributed by atoms with Gasteiger partial charge in [-0.15, -0.1) is 0 Å². The highest BCUT2D eigenvalue weighted by atomic mass is 16.5. The standard InChI is InChI=1S/C23H38N2O2/c1-5-21(18(2)16-25(3)4)19-10-9-11-20(14-19)27-22(26)15-23(17-24)12-7-6-8-13-23/h9-11,14,18,21H,5-8,12-13,15-17,24H2,1-4H3/t18-,21+/m0/s1. The molecule has 0 amide bonds. The first kappa shape index (κ1) is 21.9. The highest BCUT2D eigenvalue weighted by Gasteiger charge is 2.33. The van der Waals surface area contributed by atoms with E-state index >= 15 is 0 Å². The summed E-state index contributed by atoms with van der Waals surface area (Å²) in [5.41, 5.74) is 7.22. The summed E-state index contributed by atoms with van der Waals surface area (Å²) in [4.78, 5) is 14.8. The van der Waals surface area contributed by atoms with Gasteiger partial charge < -0.3 is 15.4 Å². The number of benzene rings is 1. The average Bonchev–Trinajstić information content (AvgIpc) is 2.62. The van der Waals surface area contributed by atoms with Crippen LogP contribution in [0.25, 0.3) is 0 Å². The van der Waals surface area contributed by atoms with Gasteiger partial charge in [-0.05, 0) is 74.8 Å². The maximum absolute atomic E-state index is 12.6. The van der Waals surface area contributed by atoms with Crippen LogP contribution in [0.5, 0.6) is 5.75 Å². The van der Waals surface area contributed by atoms with Gasteiger partial charge in [-0.2, -0.15) is 0 Å². The third kappa shape index (κ3) is 6.32. The minimum atomic E-state index is -0.145. The zero-order valence-electron chi connectivity index (χ0n) is 17.7. The molecule has 4 heteroatoms. The highest BCUT2D eigenvalue weighted by Crippen LogP contribution is 2.39. The number of nitrogens with two attached hydrogens (primary N) is 1. The van der Waals surface area contributed by atoms with Crippen molar-refractivity contribution in [3.63, 3.8) is 0 Å². The summed E-state index contributed by atoms with van der Waals surface area (Å²) >= 11 is 0. The quantitative estimate of drug-likeness (QED) is 0.508. The van der Waals surface area contributed by atoms with Crippen LogP contribution in [-0.2, 0) is 4.79 Å². The Morgan fingerprint density at radius 2 is 1.96 bits per heavy atom. The van der Waals surface area contributed by atoms with E-state index in [1.165, 1.54) is 24.8 Å². The lowest BCUT2D eigenvalue weighted by Crippen LogP contribution is -2.36. The van der Waals surface area contributed by atoms with Crippen molar-refractivity contribution in [3.8, 4) is 5.75 Å². The summed E-state index contributed by atoms with van der Waals surface area (Å²) in [6.07, 6.45) is 7.17. The largest absolute Gasteiger partial charge is 0.427 e. The first-order valence-electron chi connectivity index (χ1n) is 10.5. The molecule has 0 heterocycles. The van der Waals surface area contributed by atoms with Crippen molar-refractivity contribution in [3.05, 3.63) is 29.8 Å². The molecule has 27 heavy (non-hydrogen) atoms. The second-order valence-corrected chi connectivity index (χ2v) is 8.74. The van der Waals surface area contributed by atoms with E-state index in [2.05, 4.69) is 38.9 Å². The number of ether oxygens (including phenoxy) is 1. The van der Waals surface area contributed by atoms with Crippen LogP contribution in [-0.4, -0.2) is 38.1 Å². The molecule has 1 aromatic rings. The molecule has 0 bridgehead atoms. The van der Waals surface area contributed by atoms with Crippen molar-refractivity contribution in [2.24, 2.45) is 17.1 Å². The summed E-state index contributed by atoms with van der Waals surface area (Å²) in [6, 6.07) is 8.09. The first-order chi connectivity index (χ1) is 12.9. The number of hydrogen-bond acceptors (Lipinski definition) is 4. The van der Waals surface area contributed by atoms with Gasteiger partial charge in [0, 0.05) is 6.54 Å². The number of carbonyl (C=O) groups is 1. The Kier molecular flexibility index (Phi) is 8.30. The van der Waals surface area contributed by atoms with Crippen molar-refractivity contribution in [2.45, 2.75) is 64.7 Å². The van der Waals surface area contributed by atoms with E-state index < -0.39 is 0 Å². The van der Waals surface area contributed by atoms with E-state index in [9.17, 15) is 4.79 Å². The molecule has 152 valence electrons. The molecular weight excluding hydrogens is 336 g/mol. The van der Waals surface area contributed by atoms with Gasteiger partial charge in [0.05, 0.1) is 6.42 Å². The first-order valence-corrected chi connectivity index (χ1v) is 10.5. The smallest absolute Gasteiger partial charge is 0.311 e. The predicted octanol–water partition coefficient (Wildman–Crippen LogP) is 4.58. The molecule has 1 aliphatic carbocycles. The molecule has 2 N–H and O–H groups in total. The fraction of sp³-hybridized carbons (Fsp3) is 0.696. The molecule has 4 nitrogen and oxygen atoms in total. The maximum atomic E-state index is 12.6. The van der Waals surface area contributed by atoms with E-state index in [1.807, 2.05) is 18.2 Å². The molecule has 0 spiro atoms. The molecule has 0 aliphatic heterocycles. The normalized spacial score (nSPS) is 18.9. The molecule has 1 saturated carbocycles. The molecular formula is C23H38N2O2. The number of carbonyl (C=O) groups excluding carboxylic acids is 1. The summed E-state index contributed by atoms with van der Waals surface area (Å²) < 4.78 is 5.74. The SMILES string of the molecule is CC[C@@H](c1cccc(OC(=O)CC2(CN)CCCCC2)c1)[C@@H](C)CN(C)C. The minimum absolute atomic E-state index is 0.0564. The van der Waals surface area contributed by atoms with Crippen LogP contribution in [0.15, 0.2) is 24.3 Å². The monoisotopic (exact) mass is 374 g/mol. The van der Waals surface area contributed by atoms with Gasteiger partial charge in [0.25, 0.3) is 0 Å². The topological polar surface area (TPSA) is 55.6 Å². The second kappa shape index (κ2) is 10.2. The fourth-order valence-corrected chi connectivity index (χ4v) is 4.71. The number of nitrogens with zero attached hydrogens (tertiary/aromatic N) is 1. The summed E-state index contributed by atoms with van der Waals surface area (Å²) in [5, 5.41) is 0. The Bertz CT molecular complexity index is 594. The lowest BCUT2D eigenvalue weighted by Gasteiger charge is -2.35. The predicted molar refractivity (Wildman–Crippen MR) is 112 cm³/mol. The van der Waals surface area contributed by atoms with Crippen molar-refractivity contribution in [1.82, 2.24) is 4.90 Å². The number of rotatable bonds is 9. The molecule has 2 atom stereocenters. The van der Waals surface area contributed by atoms with Crippen LogP contribution in [0.4, 0.5) is 0 Å². The molecule has 0 radical (unpaired) electrons. The molecule has 1 aliphatic rings. The van der Waals surface area contributed by atoms with Crippen LogP contribution in [0.3, 0.4) is 0 Å². The van der Waals surface area contributed by atoms with Gasteiger partial charge in [0.1, 0.15) is 5.75 Å². The van der Waals surface area contributed by atoms with Crippen LogP contribution < -0.4 is 10.5 Å². The lowest BCUT2D eigenvalue weighted by molar-refractivity contribution is -0.137. The van der Waals surface area contributed by atoms with Crippen LogP contribution in [0.2, 0.25) is 0 Å². The van der Waals surface area contributed by atoms with Crippen molar-refractivity contribution in [1.29, 1.82) is 0 Å². The number of hydrogen-bond donors (Lipinski definition) is 1. The summed E-state index contributed by atoms with van der Waals surface area (Å²) in [5.74, 6) is 1.52. The van der Waals surface area contributed by atoms with Crippen molar-refractivity contribution >= 4 is 5.97 Å². The van der Waals surface area contributed by atoms with Crippen molar-refractivity contribution in [2.75, 3.05) is 27.2 Å². The Morgan fingerprint density at radius 3 is 2.56 bits per heavy atom. The molecule has 1 fully saturated rings. The molecule has 1 aromatic carbocycles. The van der Waals surface area contributed by atoms with Crippen LogP contribution in [0.1, 0.15) is 70.3 Å². The Balaban J connectivity index is 2.04. The van der Waals surface area contributed by atoms with Crippen molar-refractivity contribution < 1.29 is 9.53 Å². The average molecular weight is 375 g/mol. The summed E-state index contributed by atoms with van der Waals surface area (Å²) in [6.45, 7) is 6.13. The Morgan fingerprint density at radius 1 is 1.26 bits per heavy atom. The second-order valence-electron chi connectivity index (χ2n) is 8.74. The van der Waals surface area contributed by atoms with Gasteiger partial charge in [0.2, 0.25) is 0 Å². The van der Waals surface area contributed by atoms with Gasteiger partial charge in [0.15, 0.2) is 0 Å². The minimum Gasteiger partial charge on any atom is -0.427 e. The van der Waals surface area contributed by atoms with E-state index in [0.717, 1.165) is 25.8 Å². The van der Waals surface area contributed by atoms with E-state index in [1.54, 1.807) is 0 Å². The van der Waals surface area contributed by atoms with Gasteiger partial charge >= 0.3 is 5.97 Å². The zero-order chi connectivity index (χ0) is 19.9. The number of esters is 1. The highest BCUT2D eigenvalue weighted by molar-refractivity contribution is 5.73. The molecule has 0 saturated heterocycles. The van der Waals surface area contributed by atoms with E-state index in [-0.39, 0.29) is 11.4 Å². The van der Waals surface area contributed by atoms with Crippen LogP contribution >= 0.6 is 0 Å². The third-order valence-corrected chi connectivity index (χ3v) is 6.16. The Labute approximate surface area is 165 Å². The maximum Gasteiger partial charge on any atom is 0.311 e. The Hall–Kier alpha value is -1.39. The van der Waals surface area contributed by atoms with Gasteiger partial charge in [-0.3, -0.25) is 4.79 Å². The fourth-order valence-electron chi connectivity index (χ4n) is 4.71. The van der Waals surface area contributed by atoms with Gasteiger partial charge in [-0.1, -0.05) is 45.2 Å². The van der Waals surface area contributed by atoms with Gasteiger partial charge in [-0.25, -0.2) is 0 Å². The molecule has 2 rings (SSSR count).